The summed E-state index contributed by atoms with van der Waals surface area (Å²) in [5.41, 5.74) is 0. The van der Waals surface area contributed by atoms with Gasteiger partial charge in [-0.05, 0) is 47.0 Å². The average Bonchev–Trinajstić information content (AvgIpc) is 2.79. The molecular formula is C29H51BrO10Si2. The fourth-order valence-corrected chi connectivity index (χ4v) is 6.24. The molecule has 0 aromatic rings. The van der Waals surface area contributed by atoms with Crippen molar-refractivity contribution in [3.05, 3.63) is 0 Å². The van der Waals surface area contributed by atoms with Gasteiger partial charge in [-0.15, -0.1) is 0 Å². The summed E-state index contributed by atoms with van der Waals surface area (Å²) in [6, 6.07) is 0. The molecule has 0 bridgehead atoms. The Labute approximate surface area is 262 Å². The average molecular weight is 696 g/mol. The highest BCUT2D eigenvalue weighted by molar-refractivity contribution is 9.12. The van der Waals surface area contributed by atoms with Gasteiger partial charge in [-0.2, -0.15) is 0 Å². The van der Waals surface area contributed by atoms with Crippen LogP contribution < -0.4 is 0 Å². The molecule has 0 unspecified atom stereocenters. The molecule has 242 valence electrons. The molecule has 0 saturated carbocycles. The third-order valence-electron chi connectivity index (χ3n) is 8.03. The van der Waals surface area contributed by atoms with Crippen LogP contribution >= 0.6 is 15.9 Å². The Morgan fingerprint density at radius 3 is 1.81 bits per heavy atom. The van der Waals surface area contributed by atoms with E-state index in [2.05, 4.69) is 94.4 Å². The van der Waals surface area contributed by atoms with Gasteiger partial charge in [-0.1, -0.05) is 41.5 Å². The molecule has 6 atom stereocenters. The number of carbonyl (C=O) groups is 3. The maximum atomic E-state index is 12.4. The molecule has 0 N–H and O–H groups in total. The molecule has 0 aromatic carbocycles. The molecule has 1 aliphatic rings. The largest absolute Gasteiger partial charge is 0.457 e. The highest BCUT2D eigenvalue weighted by Gasteiger charge is 2.55. The molecule has 1 saturated heterocycles. The highest BCUT2D eigenvalue weighted by Crippen LogP contribution is 2.41. The number of esters is 3. The minimum atomic E-state index is -2.51. The fourth-order valence-electron chi connectivity index (χ4n) is 3.67. The lowest BCUT2D eigenvalue weighted by Gasteiger charge is -2.49. The number of hydrogen-bond donors (Lipinski definition) is 0. The maximum absolute atomic E-state index is 12.4. The van der Waals surface area contributed by atoms with Crippen LogP contribution in [0.4, 0.5) is 0 Å². The Hall–Kier alpha value is -1.28. The molecule has 0 aliphatic carbocycles. The van der Waals surface area contributed by atoms with Crippen LogP contribution in [0.25, 0.3) is 0 Å². The van der Waals surface area contributed by atoms with E-state index in [0.29, 0.717) is 0 Å². The molecule has 0 aromatic heterocycles. The van der Waals surface area contributed by atoms with Gasteiger partial charge in [0.25, 0.3) is 0 Å². The van der Waals surface area contributed by atoms with E-state index in [1.165, 1.54) is 20.8 Å². The monoisotopic (exact) mass is 694 g/mol. The quantitative estimate of drug-likeness (QED) is 0.109. The normalized spacial score (nSPS) is 24.2. The third-order valence-corrected chi connectivity index (χ3v) is 17.2. The van der Waals surface area contributed by atoms with E-state index in [9.17, 15) is 14.4 Å². The summed E-state index contributed by atoms with van der Waals surface area (Å²) >= 11 is 3.04. The Balaban J connectivity index is 3.55. The summed E-state index contributed by atoms with van der Waals surface area (Å²) in [7, 11) is -4.75. The van der Waals surface area contributed by atoms with Crippen molar-refractivity contribution in [2.75, 3.05) is 13.2 Å². The predicted octanol–water partition coefficient (Wildman–Crippen LogP) is 5.68. The van der Waals surface area contributed by atoms with E-state index in [1.54, 1.807) is 0 Å². The third kappa shape index (κ3) is 11.7. The van der Waals surface area contributed by atoms with Crippen LogP contribution in [0.1, 0.15) is 68.7 Å². The van der Waals surface area contributed by atoms with E-state index in [0.717, 1.165) is 0 Å². The van der Waals surface area contributed by atoms with Crippen molar-refractivity contribution in [2.45, 2.75) is 142 Å². The Kier molecular flexibility index (Phi) is 14.4. The van der Waals surface area contributed by atoms with E-state index in [4.69, 9.17) is 32.5 Å². The fraction of sp³-hybridized carbons (Fsp3) is 0.828. The second-order valence-electron chi connectivity index (χ2n) is 13.6. The number of ether oxygens (including phenoxy) is 5. The van der Waals surface area contributed by atoms with Crippen molar-refractivity contribution in [1.82, 2.24) is 0 Å². The second-order valence-corrected chi connectivity index (χ2v) is 23.6. The smallest absolute Gasteiger partial charge is 0.303 e. The van der Waals surface area contributed by atoms with Crippen LogP contribution in [-0.4, -0.2) is 84.6 Å². The van der Waals surface area contributed by atoms with Gasteiger partial charge in [0.2, 0.25) is 0 Å². The molecule has 0 radical (unpaired) electrons. The summed E-state index contributed by atoms with van der Waals surface area (Å²) in [6.45, 7) is 25.1. The first-order valence-electron chi connectivity index (χ1n) is 14.2. The molecule has 1 aliphatic heterocycles. The Bertz CT molecular complexity index is 993. The van der Waals surface area contributed by atoms with Crippen molar-refractivity contribution in [3.63, 3.8) is 0 Å². The first-order chi connectivity index (χ1) is 19.0. The molecule has 1 heterocycles. The predicted molar refractivity (Wildman–Crippen MR) is 168 cm³/mol. The van der Waals surface area contributed by atoms with Crippen molar-refractivity contribution < 1.29 is 46.9 Å². The van der Waals surface area contributed by atoms with Gasteiger partial charge in [0, 0.05) is 43.1 Å². The van der Waals surface area contributed by atoms with E-state index >= 15 is 0 Å². The summed E-state index contributed by atoms with van der Waals surface area (Å²) in [5, 5.41) is -0.282. The molecule has 0 amide bonds. The van der Waals surface area contributed by atoms with Gasteiger partial charge >= 0.3 is 17.9 Å². The zero-order valence-corrected chi connectivity index (χ0v) is 31.1. The van der Waals surface area contributed by atoms with Crippen LogP contribution in [-0.2, 0) is 46.9 Å². The zero-order valence-electron chi connectivity index (χ0n) is 27.5. The molecule has 1 rings (SSSR count). The van der Waals surface area contributed by atoms with Gasteiger partial charge in [-0.25, -0.2) is 0 Å². The summed E-state index contributed by atoms with van der Waals surface area (Å²) in [4.78, 5) is 38.8. The number of hydrogen-bond acceptors (Lipinski definition) is 10. The van der Waals surface area contributed by atoms with Crippen molar-refractivity contribution in [3.8, 4) is 10.8 Å². The standard InChI is InChI=1S/C29H51BrO10Si2/c1-19(31)36-22(14-16-30)15-17-34-27-26(38-21(3)33)25(40-42(12,13)29(7,8)9)24(37-20(2)32)23(39-27)18-35-41(10,11)28(4,5)6/h22-27H,15,17-18H2,1-13H3/t22-,23+,24+,25-,26+,27+/m0/s1. The second kappa shape index (κ2) is 15.6. The molecule has 13 heteroatoms. The van der Waals surface area contributed by atoms with Crippen LogP contribution in [0.5, 0.6) is 0 Å². The lowest BCUT2D eigenvalue weighted by molar-refractivity contribution is -0.303. The molecular weight excluding hydrogens is 644 g/mol. The first kappa shape index (κ1) is 38.7. The number of halogens is 1. The first-order valence-corrected chi connectivity index (χ1v) is 20.8. The van der Waals surface area contributed by atoms with Gasteiger partial charge in [-0.3, -0.25) is 14.4 Å². The molecule has 10 nitrogen and oxygen atoms in total. The minimum absolute atomic E-state index is 0.0584. The van der Waals surface area contributed by atoms with Crippen LogP contribution in [0, 0.1) is 10.8 Å². The maximum Gasteiger partial charge on any atom is 0.303 e. The topological polar surface area (TPSA) is 116 Å². The number of carbonyl (C=O) groups excluding carboxylic acids is 3. The Morgan fingerprint density at radius 1 is 0.833 bits per heavy atom. The lowest BCUT2D eigenvalue weighted by atomic mass is 9.98. The molecule has 42 heavy (non-hydrogen) atoms. The molecule has 1 fully saturated rings. The number of rotatable bonds is 12. The van der Waals surface area contributed by atoms with Gasteiger partial charge < -0.3 is 32.5 Å². The van der Waals surface area contributed by atoms with E-state index in [-0.39, 0.29) is 29.7 Å². The van der Waals surface area contributed by atoms with Crippen LogP contribution in [0.3, 0.4) is 0 Å². The summed E-state index contributed by atoms with van der Waals surface area (Å²) in [5.74, 6) is 1.20. The SMILES string of the molecule is CC(=O)O[C@H]1[C@H](OCC[C@H](C#CBr)OC(C)=O)O[C@H](CO[Si](C)(C)C(C)(C)C)[C@@H](OC(C)=O)[C@@H]1O[Si](C)(C)C(C)(C)C. The van der Waals surface area contributed by atoms with Crippen molar-refractivity contribution >= 4 is 50.5 Å². The van der Waals surface area contributed by atoms with Gasteiger partial charge in [0.15, 0.2) is 41.2 Å². The minimum Gasteiger partial charge on any atom is -0.457 e. The molecule has 0 spiro atoms. The Morgan fingerprint density at radius 2 is 1.36 bits per heavy atom. The zero-order chi connectivity index (χ0) is 32.7. The summed E-state index contributed by atoms with van der Waals surface area (Å²) < 4.78 is 42.7. The van der Waals surface area contributed by atoms with Crippen molar-refractivity contribution in [2.24, 2.45) is 0 Å². The highest BCUT2D eigenvalue weighted by atomic mass is 79.9. The van der Waals surface area contributed by atoms with Crippen LogP contribution in [0.2, 0.25) is 36.3 Å². The van der Waals surface area contributed by atoms with Gasteiger partial charge in [0.1, 0.15) is 12.2 Å². The van der Waals surface area contributed by atoms with E-state index in [1.807, 2.05) is 0 Å². The van der Waals surface area contributed by atoms with Gasteiger partial charge in [0.05, 0.1) is 13.2 Å². The van der Waals surface area contributed by atoms with Crippen LogP contribution in [0.15, 0.2) is 0 Å². The summed E-state index contributed by atoms with van der Waals surface area (Å²) in [6.07, 6.45) is -5.23. The van der Waals surface area contributed by atoms with E-state index < -0.39 is 71.4 Å². The van der Waals surface area contributed by atoms with Crippen molar-refractivity contribution in [1.29, 1.82) is 0 Å². The lowest BCUT2D eigenvalue weighted by Crippen LogP contribution is -2.65.